The summed E-state index contributed by atoms with van der Waals surface area (Å²) >= 11 is 0. The van der Waals surface area contributed by atoms with Crippen LogP contribution in [0.1, 0.15) is 25.0 Å². The Bertz CT molecular complexity index is 3630. The van der Waals surface area contributed by atoms with E-state index in [4.69, 9.17) is 75.0 Å². The molecule has 66 heavy (non-hydrogen) atoms. The third-order valence-corrected chi connectivity index (χ3v) is 13.6. The predicted octanol–water partition coefficient (Wildman–Crippen LogP) is 4.66. The smallest absolute Gasteiger partial charge is 0.143 e. The van der Waals surface area contributed by atoms with Crippen LogP contribution in [-0.2, 0) is 5.41 Å². The molecule has 1 heterocycles. The fourth-order valence-electron chi connectivity index (χ4n) is 10.3. The first-order valence-corrected chi connectivity index (χ1v) is 21.6. The van der Waals surface area contributed by atoms with Crippen LogP contribution in [0.25, 0.3) is 77.2 Å². The van der Waals surface area contributed by atoms with Gasteiger partial charge in [-0.2, -0.15) is 0 Å². The van der Waals surface area contributed by atoms with Gasteiger partial charge < -0.3 is 9.32 Å². The molecule has 2 nitrogen and oxygen atoms in total. The summed E-state index contributed by atoms with van der Waals surface area (Å²) in [6, 6.07) is 50.3. The maximum absolute atomic E-state index is 7.16. The number of nitrogens with zero attached hydrogens (tertiary/aromatic N) is 1. The van der Waals surface area contributed by atoms with Crippen molar-refractivity contribution in [2.24, 2.45) is 0 Å². The molecule has 0 amide bonds. The third kappa shape index (κ3) is 6.15. The molecule has 1 aliphatic carbocycles. The molecule has 0 saturated heterocycles. The summed E-state index contributed by atoms with van der Waals surface area (Å²) in [7, 11) is 60.3. The Labute approximate surface area is 397 Å². The minimum Gasteiger partial charge on any atom is -0.455 e. The number of furan rings is 1. The van der Waals surface area contributed by atoms with Gasteiger partial charge in [-0.25, -0.2) is 0 Å². The lowest BCUT2D eigenvalue weighted by Gasteiger charge is -2.34. The lowest BCUT2D eigenvalue weighted by atomic mass is 9.56. The Kier molecular flexibility index (Phi) is 9.89. The quantitative estimate of drug-likeness (QED) is 0.228. The van der Waals surface area contributed by atoms with Crippen LogP contribution < -0.4 is 54.1 Å². The van der Waals surface area contributed by atoms with E-state index in [0.29, 0.717) is 5.69 Å². The molecule has 0 saturated carbocycles. The molecule has 288 valence electrons. The number of benzene rings is 9. The number of anilines is 3. The van der Waals surface area contributed by atoms with Crippen molar-refractivity contribution in [3.8, 4) is 44.5 Å². The van der Waals surface area contributed by atoms with Crippen LogP contribution in [0.2, 0.25) is 0 Å². The van der Waals surface area contributed by atoms with E-state index >= 15 is 0 Å². The zero-order valence-corrected chi connectivity index (χ0v) is 36.4. The highest BCUT2D eigenvalue weighted by Gasteiger charge is 2.37. The van der Waals surface area contributed by atoms with Gasteiger partial charge in [-0.05, 0) is 97.4 Å². The monoisotopic (exact) mass is 819 g/mol. The van der Waals surface area contributed by atoms with Crippen LogP contribution in [0.15, 0.2) is 150 Å². The van der Waals surface area contributed by atoms with E-state index in [1.54, 1.807) is 0 Å². The second kappa shape index (κ2) is 15.5. The number of rotatable bonds is 6. The van der Waals surface area contributed by atoms with Crippen LogP contribution in [0.3, 0.4) is 0 Å². The Morgan fingerprint density at radius 3 is 1.73 bits per heavy atom. The highest BCUT2D eigenvalue weighted by Crippen LogP contribution is 2.52. The Morgan fingerprint density at radius 2 is 1.00 bits per heavy atom. The summed E-state index contributed by atoms with van der Waals surface area (Å²) < 4.78 is 6.58. The molecular weight excluding hydrogens is 788 g/mol. The predicted molar refractivity (Wildman–Crippen MR) is 288 cm³/mol. The van der Waals surface area contributed by atoms with Crippen LogP contribution in [0.5, 0.6) is 0 Å². The third-order valence-electron chi connectivity index (χ3n) is 13.6. The second-order valence-corrected chi connectivity index (χ2v) is 17.6. The molecule has 0 aliphatic heterocycles. The molecule has 1 aromatic heterocycles. The minimum absolute atomic E-state index is 0.0418. The van der Waals surface area contributed by atoms with Gasteiger partial charge in [-0.1, -0.05) is 156 Å². The van der Waals surface area contributed by atoms with Gasteiger partial charge in [0.05, 0.1) is 0 Å². The van der Waals surface area contributed by atoms with Crippen LogP contribution in [0.4, 0.5) is 17.1 Å². The summed E-state index contributed by atoms with van der Waals surface area (Å²) in [5.41, 5.74) is 13.5. The molecule has 1 aliphatic rings. The van der Waals surface area contributed by atoms with E-state index < -0.39 is 0 Å². The van der Waals surface area contributed by atoms with Crippen molar-refractivity contribution in [2.45, 2.75) is 19.3 Å². The number of hydrogen-bond acceptors (Lipinski definition) is 2. The molecule has 11 heteroatoms. The van der Waals surface area contributed by atoms with Gasteiger partial charge >= 0.3 is 0 Å². The van der Waals surface area contributed by atoms with Crippen molar-refractivity contribution in [2.75, 3.05) is 4.90 Å². The largest absolute Gasteiger partial charge is 0.455 e. The molecule has 10 aromatic rings. The van der Waals surface area contributed by atoms with Gasteiger partial charge in [-0.3, -0.25) is 0 Å². The summed E-state index contributed by atoms with van der Waals surface area (Å²) in [4.78, 5) is 1.98. The molecular formula is C55H30B9NO. The van der Waals surface area contributed by atoms with E-state index in [-0.39, 0.29) is 65.7 Å². The minimum atomic E-state index is -0.212. The van der Waals surface area contributed by atoms with Gasteiger partial charge in [-0.15, -0.1) is 16.4 Å². The van der Waals surface area contributed by atoms with Crippen molar-refractivity contribution in [3.63, 3.8) is 0 Å². The van der Waals surface area contributed by atoms with Gasteiger partial charge in [0.25, 0.3) is 0 Å². The number of hydrogen-bond donors (Lipinski definition) is 0. The van der Waals surface area contributed by atoms with Crippen molar-refractivity contribution < 1.29 is 4.42 Å². The Balaban J connectivity index is 1.12. The van der Waals surface area contributed by atoms with E-state index in [1.807, 2.05) is 41.3 Å². The van der Waals surface area contributed by atoms with Crippen molar-refractivity contribution in [1.29, 1.82) is 0 Å². The van der Waals surface area contributed by atoms with Crippen molar-refractivity contribution in [1.82, 2.24) is 0 Å². The summed E-state index contributed by atoms with van der Waals surface area (Å²) in [6.07, 6.45) is 0. The van der Waals surface area contributed by atoms with Crippen LogP contribution >= 0.6 is 0 Å². The summed E-state index contributed by atoms with van der Waals surface area (Å²) in [5.74, 6) is 0. The van der Waals surface area contributed by atoms with Gasteiger partial charge in [0.15, 0.2) is 0 Å². The topological polar surface area (TPSA) is 16.4 Å². The highest BCUT2D eigenvalue weighted by atomic mass is 16.3. The first-order valence-electron chi connectivity index (χ1n) is 21.6. The summed E-state index contributed by atoms with van der Waals surface area (Å²) in [5, 5.41) is 4.17. The van der Waals surface area contributed by atoms with Gasteiger partial charge in [0.1, 0.15) is 81.8 Å². The summed E-state index contributed by atoms with van der Waals surface area (Å²) in [6.45, 7) is 4.58. The fraction of sp³-hybridized carbons (Fsp3) is 0.0545. The molecule has 18 radical (unpaired) electrons. The Morgan fingerprint density at radius 1 is 0.424 bits per heavy atom. The van der Waals surface area contributed by atoms with E-state index in [2.05, 4.69) is 123 Å². The average Bonchev–Trinajstić information content (AvgIpc) is 3.84. The molecule has 0 fully saturated rings. The zero-order valence-electron chi connectivity index (χ0n) is 36.4. The molecule has 0 atom stereocenters. The molecule has 0 N–H and O–H groups in total. The fourth-order valence-corrected chi connectivity index (χ4v) is 10.3. The van der Waals surface area contributed by atoms with Gasteiger partial charge in [0.2, 0.25) is 0 Å². The maximum atomic E-state index is 7.16. The van der Waals surface area contributed by atoms with E-state index in [9.17, 15) is 0 Å². The molecule has 11 rings (SSSR count). The standard InChI is InChI=1S/C55H30B9NO/c1-55(2)38-18-6-5-14-35(38)36-17-8-16-33(43(36)55)28-20-23-30(24-21-28)65(53-51(63)46(58)42(47(59)52(53)64)41-44(56)48(60)50(62)49(61)45(41)57)31-12-7-11-29(26-31)32-15-9-19-39-40(32)37-25-22-27-10-3-4-13-34(27)54(37)66-39/h3-26H,1-2H3. The van der Waals surface area contributed by atoms with Crippen molar-refractivity contribution >= 4 is 170 Å². The van der Waals surface area contributed by atoms with E-state index in [0.717, 1.165) is 66.3 Å². The molecule has 0 spiro atoms. The second-order valence-electron chi connectivity index (χ2n) is 17.6. The zero-order chi connectivity index (χ0) is 45.9. The molecule has 0 bridgehead atoms. The van der Waals surface area contributed by atoms with Crippen LogP contribution in [0, 0.1) is 0 Å². The normalized spacial score (nSPS) is 12.8. The molecule has 0 unspecified atom stereocenters. The maximum Gasteiger partial charge on any atom is 0.143 e. The van der Waals surface area contributed by atoms with E-state index in [1.165, 1.54) is 22.3 Å². The lowest BCUT2D eigenvalue weighted by Crippen LogP contribution is -2.57. The van der Waals surface area contributed by atoms with Crippen LogP contribution in [-0.4, -0.2) is 70.6 Å². The Hall–Kier alpha value is -6.58. The van der Waals surface area contributed by atoms with Gasteiger partial charge in [0, 0.05) is 38.6 Å². The number of fused-ring (bicyclic) bond motifs is 8. The average molecular weight is 818 g/mol. The SMILES string of the molecule is [B]c1c([B])c([B])c(-c2c([B])c([B])c(N(c3ccc(-c4cccc5c4C(C)(C)c4ccccc4-5)cc3)c3cccc(-c4cccc5oc6c7ccccc7ccc6c45)c3)c([B])c2[B])c([B])c1[B]. The lowest BCUT2D eigenvalue weighted by molar-refractivity contribution is 0.662. The molecule has 9 aromatic carbocycles. The van der Waals surface area contributed by atoms with Crippen molar-refractivity contribution in [3.05, 3.63) is 157 Å². The highest BCUT2D eigenvalue weighted by molar-refractivity contribution is 6.71. The first kappa shape index (κ1) is 42.1. The first-order chi connectivity index (χ1) is 31.8.